The first-order valence-corrected chi connectivity index (χ1v) is 13.3. The van der Waals surface area contributed by atoms with Gasteiger partial charge in [-0.2, -0.15) is 0 Å². The Bertz CT molecular complexity index is 1010. The number of thiazole rings is 1. The second-order valence-electron chi connectivity index (χ2n) is 8.98. The van der Waals surface area contributed by atoms with Crippen molar-refractivity contribution in [2.75, 3.05) is 12.4 Å². The maximum atomic E-state index is 5.37. The lowest BCUT2D eigenvalue weighted by Crippen LogP contribution is -2.23. The molecule has 1 aliphatic rings. The van der Waals surface area contributed by atoms with Gasteiger partial charge >= 0.3 is 0 Å². The Morgan fingerprint density at radius 1 is 1.00 bits per heavy atom. The summed E-state index contributed by atoms with van der Waals surface area (Å²) < 4.78 is 5.37. The van der Waals surface area contributed by atoms with Crippen LogP contribution >= 0.6 is 11.3 Å². The third-order valence-corrected chi connectivity index (χ3v) is 7.70. The van der Waals surface area contributed by atoms with Gasteiger partial charge in [0.1, 0.15) is 5.75 Å². The summed E-state index contributed by atoms with van der Waals surface area (Å²) >= 11 is 1.80. The summed E-state index contributed by atoms with van der Waals surface area (Å²) in [5, 5.41) is 4.80. The maximum Gasteiger partial charge on any atom is 0.223 e. The molecule has 0 aliphatic heterocycles. The minimum Gasteiger partial charge on any atom is -0.497 e. The van der Waals surface area contributed by atoms with E-state index < -0.39 is 0 Å². The normalized spacial score (nSPS) is 14.5. The largest absolute Gasteiger partial charge is 0.497 e. The van der Waals surface area contributed by atoms with Gasteiger partial charge in [0.2, 0.25) is 5.95 Å². The predicted octanol–water partition coefficient (Wildman–Crippen LogP) is 7.70. The standard InChI is InChI=1S/C27H36N4OS/c1-4-9-20(10-5-2)26-31-24(19-13-15-22(32-3)16-14-19)25(33-26)23-17-18-28-27(30-23)29-21-11-7-6-8-12-21/h13-18,20-21H,4-12H2,1-3H3,(H,28,29,30). The highest BCUT2D eigenvalue weighted by Gasteiger charge is 2.22. The van der Waals surface area contributed by atoms with Crippen LogP contribution in [0.15, 0.2) is 36.5 Å². The molecule has 1 aromatic carbocycles. The lowest BCUT2D eigenvalue weighted by atomic mass is 9.96. The zero-order chi connectivity index (χ0) is 23.0. The Morgan fingerprint density at radius 2 is 1.73 bits per heavy atom. The van der Waals surface area contributed by atoms with Crippen LogP contribution in [0.2, 0.25) is 0 Å². The van der Waals surface area contributed by atoms with Gasteiger partial charge in [-0.1, -0.05) is 46.0 Å². The van der Waals surface area contributed by atoms with Gasteiger partial charge in [0.15, 0.2) is 0 Å². The zero-order valence-corrected chi connectivity index (χ0v) is 21.0. The highest BCUT2D eigenvalue weighted by Crippen LogP contribution is 2.41. The predicted molar refractivity (Wildman–Crippen MR) is 138 cm³/mol. The van der Waals surface area contributed by atoms with Crippen molar-refractivity contribution in [1.82, 2.24) is 15.0 Å². The Hall–Kier alpha value is -2.47. The van der Waals surface area contributed by atoms with Crippen molar-refractivity contribution in [2.45, 2.75) is 83.6 Å². The molecule has 0 atom stereocenters. The molecule has 0 spiro atoms. The van der Waals surface area contributed by atoms with Crippen molar-refractivity contribution >= 4 is 17.3 Å². The average molecular weight is 465 g/mol. The van der Waals surface area contributed by atoms with E-state index in [1.54, 1.807) is 18.4 Å². The first-order valence-electron chi connectivity index (χ1n) is 12.5. The van der Waals surface area contributed by atoms with E-state index in [4.69, 9.17) is 14.7 Å². The third-order valence-electron chi connectivity index (χ3n) is 6.46. The minimum absolute atomic E-state index is 0.477. The fraction of sp³-hybridized carbons (Fsp3) is 0.519. The lowest BCUT2D eigenvalue weighted by Gasteiger charge is -2.22. The molecule has 33 heavy (non-hydrogen) atoms. The molecule has 2 aromatic heterocycles. The molecule has 5 nitrogen and oxygen atoms in total. The van der Waals surface area contributed by atoms with Gasteiger partial charge in [0.25, 0.3) is 0 Å². The van der Waals surface area contributed by atoms with E-state index >= 15 is 0 Å². The summed E-state index contributed by atoms with van der Waals surface area (Å²) in [4.78, 5) is 15.8. The van der Waals surface area contributed by atoms with Crippen molar-refractivity contribution in [3.05, 3.63) is 41.5 Å². The third kappa shape index (κ3) is 5.91. The molecule has 0 radical (unpaired) electrons. The van der Waals surface area contributed by atoms with Gasteiger partial charge in [-0.25, -0.2) is 15.0 Å². The molecule has 0 bridgehead atoms. The molecule has 0 amide bonds. The van der Waals surface area contributed by atoms with Gasteiger partial charge in [0.05, 0.1) is 28.4 Å². The fourth-order valence-electron chi connectivity index (χ4n) is 4.70. The molecule has 1 N–H and O–H groups in total. The quantitative estimate of drug-likeness (QED) is 0.333. The molecule has 0 unspecified atom stereocenters. The lowest BCUT2D eigenvalue weighted by molar-refractivity contribution is 0.415. The number of nitrogens with one attached hydrogen (secondary N) is 1. The van der Waals surface area contributed by atoms with Crippen LogP contribution in [0.3, 0.4) is 0 Å². The highest BCUT2D eigenvalue weighted by atomic mass is 32.1. The Labute approximate surface area is 202 Å². The second kappa shape index (κ2) is 11.6. The molecule has 1 saturated carbocycles. The number of hydrogen-bond donors (Lipinski definition) is 1. The average Bonchev–Trinajstić information content (AvgIpc) is 3.30. The van der Waals surface area contributed by atoms with Gasteiger partial charge in [-0.15, -0.1) is 11.3 Å². The van der Waals surface area contributed by atoms with Crippen LogP contribution in [-0.2, 0) is 0 Å². The number of aromatic nitrogens is 3. The van der Waals surface area contributed by atoms with Crippen LogP contribution < -0.4 is 10.1 Å². The molecule has 1 aliphatic carbocycles. The van der Waals surface area contributed by atoms with Crippen LogP contribution in [0, 0.1) is 0 Å². The van der Waals surface area contributed by atoms with Crippen molar-refractivity contribution in [3.63, 3.8) is 0 Å². The van der Waals surface area contributed by atoms with E-state index in [1.807, 2.05) is 24.4 Å². The van der Waals surface area contributed by atoms with Crippen molar-refractivity contribution < 1.29 is 4.74 Å². The highest BCUT2D eigenvalue weighted by molar-refractivity contribution is 7.15. The van der Waals surface area contributed by atoms with E-state index in [9.17, 15) is 0 Å². The Kier molecular flexibility index (Phi) is 8.32. The van der Waals surface area contributed by atoms with Crippen molar-refractivity contribution in [2.24, 2.45) is 0 Å². The smallest absolute Gasteiger partial charge is 0.223 e. The van der Waals surface area contributed by atoms with E-state index in [0.717, 1.165) is 33.5 Å². The van der Waals surface area contributed by atoms with E-state index in [2.05, 4.69) is 36.3 Å². The fourth-order valence-corrected chi connectivity index (χ4v) is 5.93. The SMILES string of the molecule is CCCC(CCC)c1nc(-c2ccc(OC)cc2)c(-c2ccnc(NC3CCCCC3)n2)s1. The molecule has 4 rings (SSSR count). The summed E-state index contributed by atoms with van der Waals surface area (Å²) in [6, 6.07) is 10.7. The van der Waals surface area contributed by atoms with Gasteiger partial charge in [0, 0.05) is 23.7 Å². The first-order chi connectivity index (χ1) is 16.2. The molecule has 2 heterocycles. The summed E-state index contributed by atoms with van der Waals surface area (Å²) in [5.74, 6) is 2.08. The zero-order valence-electron chi connectivity index (χ0n) is 20.1. The molecular formula is C27H36N4OS. The number of methoxy groups -OCH3 is 1. The van der Waals surface area contributed by atoms with Gasteiger partial charge < -0.3 is 10.1 Å². The molecule has 3 aromatic rings. The number of rotatable bonds is 10. The van der Waals surface area contributed by atoms with Gasteiger partial charge in [-0.3, -0.25) is 0 Å². The number of ether oxygens (including phenoxy) is 1. The van der Waals surface area contributed by atoms with Crippen LogP contribution in [-0.4, -0.2) is 28.1 Å². The van der Waals surface area contributed by atoms with Crippen LogP contribution in [0.1, 0.15) is 82.6 Å². The van der Waals surface area contributed by atoms with E-state index in [-0.39, 0.29) is 0 Å². The first kappa shape index (κ1) is 23.7. The minimum atomic E-state index is 0.477. The molecule has 6 heteroatoms. The number of benzene rings is 1. The summed E-state index contributed by atoms with van der Waals surface area (Å²) in [6.45, 7) is 4.52. The monoisotopic (exact) mass is 464 g/mol. The molecule has 0 saturated heterocycles. The summed E-state index contributed by atoms with van der Waals surface area (Å²) in [7, 11) is 1.70. The summed E-state index contributed by atoms with van der Waals surface area (Å²) in [6.07, 6.45) is 12.9. The van der Waals surface area contributed by atoms with Crippen molar-refractivity contribution in [1.29, 1.82) is 0 Å². The van der Waals surface area contributed by atoms with Crippen molar-refractivity contribution in [3.8, 4) is 27.6 Å². The molecular weight excluding hydrogens is 428 g/mol. The molecule has 176 valence electrons. The van der Waals surface area contributed by atoms with Crippen LogP contribution in [0.5, 0.6) is 5.75 Å². The summed E-state index contributed by atoms with van der Waals surface area (Å²) in [5.41, 5.74) is 3.06. The maximum absolute atomic E-state index is 5.37. The van der Waals surface area contributed by atoms with Crippen LogP contribution in [0.25, 0.3) is 21.8 Å². The number of hydrogen-bond acceptors (Lipinski definition) is 6. The van der Waals surface area contributed by atoms with E-state index in [1.165, 1.54) is 62.8 Å². The molecule has 1 fully saturated rings. The number of anilines is 1. The van der Waals surface area contributed by atoms with E-state index in [0.29, 0.717) is 12.0 Å². The Morgan fingerprint density at radius 3 is 2.39 bits per heavy atom. The van der Waals surface area contributed by atoms with Gasteiger partial charge in [-0.05, 0) is 56.0 Å². The second-order valence-corrected chi connectivity index (χ2v) is 10.0. The topological polar surface area (TPSA) is 59.9 Å². The Balaban J connectivity index is 1.71. The number of nitrogens with zero attached hydrogens (tertiary/aromatic N) is 3. The van der Waals surface area contributed by atoms with Crippen LogP contribution in [0.4, 0.5) is 5.95 Å².